The van der Waals surface area contributed by atoms with Crippen LogP contribution < -0.4 is 0 Å². The van der Waals surface area contributed by atoms with E-state index in [0.29, 0.717) is 0 Å². The number of methoxy groups -OCH3 is 1. The predicted octanol–water partition coefficient (Wildman–Crippen LogP) is 0.434. The van der Waals surface area contributed by atoms with E-state index in [1.165, 1.54) is 20.3 Å². The average molecular weight is 257 g/mol. The maximum absolute atomic E-state index is 11.7. The monoisotopic (exact) mass is 257 g/mol. The number of ether oxygens (including phenoxy) is 2. The van der Waals surface area contributed by atoms with Crippen LogP contribution >= 0.6 is 0 Å². The first-order chi connectivity index (χ1) is 8.47. The highest BCUT2D eigenvalue weighted by Crippen LogP contribution is 2.15. The Hall–Kier alpha value is -1.72. The molecular weight excluding hydrogens is 240 g/mol. The van der Waals surface area contributed by atoms with Crippen molar-refractivity contribution < 1.29 is 28.7 Å². The largest absolute Gasteiger partial charge is 0.469 e. The first kappa shape index (κ1) is 16.3. The number of hydrogen-bond acceptors (Lipinski definition) is 6. The van der Waals surface area contributed by atoms with Crippen molar-refractivity contribution in [1.82, 2.24) is 0 Å². The molecule has 0 saturated heterocycles. The third-order valence-electron chi connectivity index (χ3n) is 2.43. The van der Waals surface area contributed by atoms with Crippen LogP contribution in [0.4, 0.5) is 0 Å². The minimum atomic E-state index is -1.20. The van der Waals surface area contributed by atoms with Gasteiger partial charge in [0, 0.05) is 6.42 Å². The van der Waals surface area contributed by atoms with Gasteiger partial charge in [-0.25, -0.2) is 0 Å². The van der Waals surface area contributed by atoms with Crippen LogP contribution in [-0.4, -0.2) is 37.7 Å². The Morgan fingerprint density at radius 2 is 1.83 bits per heavy atom. The van der Waals surface area contributed by atoms with Crippen LogP contribution in [0.2, 0.25) is 0 Å². The fraction of sp³-hybridized carbons (Fsp3) is 0.667. The molecule has 0 bridgehead atoms. The molecule has 0 N–H and O–H groups in total. The summed E-state index contributed by atoms with van der Waals surface area (Å²) in [6.07, 6.45) is 1.26. The first-order valence-electron chi connectivity index (χ1n) is 5.61. The van der Waals surface area contributed by atoms with E-state index in [1.54, 1.807) is 6.92 Å². The highest BCUT2D eigenvalue weighted by atomic mass is 16.5. The van der Waals surface area contributed by atoms with Crippen molar-refractivity contribution in [2.24, 2.45) is 11.8 Å². The topological polar surface area (TPSA) is 86.7 Å². The lowest BCUT2D eigenvalue weighted by atomic mass is 9.89. The number of rotatable bonds is 8. The lowest BCUT2D eigenvalue weighted by Gasteiger charge is -2.14. The molecular formula is C12H17O6. The maximum Gasteiger partial charge on any atom is 0.309 e. The second-order valence-electron chi connectivity index (χ2n) is 3.68. The van der Waals surface area contributed by atoms with E-state index in [0.717, 1.165) is 0 Å². The zero-order valence-electron chi connectivity index (χ0n) is 10.7. The number of esters is 2. The fourth-order valence-corrected chi connectivity index (χ4v) is 1.38. The second kappa shape index (κ2) is 8.38. The molecule has 2 unspecified atom stereocenters. The van der Waals surface area contributed by atoms with Crippen molar-refractivity contribution >= 4 is 24.0 Å². The summed E-state index contributed by atoms with van der Waals surface area (Å²) in [4.78, 5) is 44.6. The Bertz CT molecular complexity index is 323. The molecule has 0 aromatic carbocycles. The molecule has 0 aromatic heterocycles. The molecule has 2 atom stereocenters. The van der Waals surface area contributed by atoms with Crippen LogP contribution in [0.1, 0.15) is 26.7 Å². The Kier molecular flexibility index (Phi) is 7.58. The predicted molar refractivity (Wildman–Crippen MR) is 61.2 cm³/mol. The first-order valence-corrected chi connectivity index (χ1v) is 5.61. The molecule has 18 heavy (non-hydrogen) atoms. The fourth-order valence-electron chi connectivity index (χ4n) is 1.38. The van der Waals surface area contributed by atoms with Crippen molar-refractivity contribution in [3.05, 3.63) is 0 Å². The van der Waals surface area contributed by atoms with Gasteiger partial charge < -0.3 is 9.47 Å². The summed E-state index contributed by atoms with van der Waals surface area (Å²) >= 11 is 0. The lowest BCUT2D eigenvalue weighted by Crippen LogP contribution is -2.30. The molecule has 6 nitrogen and oxygen atoms in total. The normalized spacial score (nSPS) is 13.3. The summed E-state index contributed by atoms with van der Waals surface area (Å²) in [5.41, 5.74) is 0. The van der Waals surface area contributed by atoms with Crippen molar-refractivity contribution in [1.29, 1.82) is 0 Å². The highest BCUT2D eigenvalue weighted by molar-refractivity contribution is 5.98. The Morgan fingerprint density at radius 1 is 1.22 bits per heavy atom. The molecule has 0 heterocycles. The minimum absolute atomic E-state index is 0.112. The van der Waals surface area contributed by atoms with Crippen LogP contribution in [0, 0.1) is 11.8 Å². The molecule has 0 aliphatic rings. The molecule has 0 aliphatic heterocycles. The van der Waals surface area contributed by atoms with Gasteiger partial charge in [-0.2, -0.15) is 0 Å². The smallest absolute Gasteiger partial charge is 0.309 e. The second-order valence-corrected chi connectivity index (χ2v) is 3.68. The number of carbonyl (C=O) groups is 3. The minimum Gasteiger partial charge on any atom is -0.469 e. The summed E-state index contributed by atoms with van der Waals surface area (Å²) in [5, 5.41) is 0. The van der Waals surface area contributed by atoms with Gasteiger partial charge in [0.25, 0.3) is 0 Å². The summed E-state index contributed by atoms with van der Waals surface area (Å²) < 4.78 is 9.10. The SMILES string of the molecule is CCOC(=O)CCC(=O)C([C]=O)C(C)C(=O)OC. The molecule has 101 valence electrons. The molecule has 0 spiro atoms. The van der Waals surface area contributed by atoms with Gasteiger partial charge in [0.1, 0.15) is 5.78 Å². The summed E-state index contributed by atoms with van der Waals surface area (Å²) in [6.45, 7) is 3.29. The van der Waals surface area contributed by atoms with Gasteiger partial charge in [-0.3, -0.25) is 19.2 Å². The number of carbonyl (C=O) groups excluding carboxylic acids is 4. The molecule has 0 saturated carbocycles. The van der Waals surface area contributed by atoms with E-state index in [2.05, 4.69) is 9.47 Å². The molecule has 1 radical (unpaired) electrons. The van der Waals surface area contributed by atoms with Gasteiger partial charge in [-0.15, -0.1) is 0 Å². The van der Waals surface area contributed by atoms with E-state index in [4.69, 9.17) is 0 Å². The van der Waals surface area contributed by atoms with E-state index in [9.17, 15) is 19.2 Å². The zero-order valence-corrected chi connectivity index (χ0v) is 10.7. The summed E-state index contributed by atoms with van der Waals surface area (Å²) in [6, 6.07) is 0. The van der Waals surface area contributed by atoms with Crippen LogP contribution in [0.3, 0.4) is 0 Å². The van der Waals surface area contributed by atoms with E-state index >= 15 is 0 Å². The molecule has 6 heteroatoms. The van der Waals surface area contributed by atoms with Crippen molar-refractivity contribution in [2.45, 2.75) is 26.7 Å². The maximum atomic E-state index is 11.7. The van der Waals surface area contributed by atoms with Crippen molar-refractivity contribution in [3.8, 4) is 0 Å². The van der Waals surface area contributed by atoms with Crippen LogP contribution in [0.5, 0.6) is 0 Å². The van der Waals surface area contributed by atoms with Crippen LogP contribution in [0.15, 0.2) is 0 Å². The average Bonchev–Trinajstić information content (AvgIpc) is 2.36. The summed E-state index contributed by atoms with van der Waals surface area (Å²) in [5.74, 6) is -3.79. The lowest BCUT2D eigenvalue weighted by molar-refractivity contribution is -0.148. The van der Waals surface area contributed by atoms with Crippen molar-refractivity contribution in [3.63, 3.8) is 0 Å². The van der Waals surface area contributed by atoms with Crippen LogP contribution in [0.25, 0.3) is 0 Å². The zero-order chi connectivity index (χ0) is 14.1. The van der Waals surface area contributed by atoms with Crippen LogP contribution in [-0.2, 0) is 28.7 Å². The number of ketones is 1. The quantitative estimate of drug-likeness (QED) is 0.463. The Balaban J connectivity index is 4.40. The molecule has 0 aliphatic carbocycles. The van der Waals surface area contributed by atoms with Gasteiger partial charge in [0.15, 0.2) is 0 Å². The Morgan fingerprint density at radius 3 is 2.28 bits per heavy atom. The summed E-state index contributed by atoms with van der Waals surface area (Å²) in [7, 11) is 1.17. The van der Waals surface area contributed by atoms with Gasteiger partial charge >= 0.3 is 11.9 Å². The van der Waals surface area contributed by atoms with E-state index in [-0.39, 0.29) is 19.4 Å². The standard InChI is InChI=1S/C12H17O6/c1-4-18-11(15)6-5-10(14)9(7-13)8(2)12(16)17-3/h8-9H,4-6H2,1-3H3. The molecule has 0 rings (SSSR count). The Labute approximate surface area is 106 Å². The molecule has 0 fully saturated rings. The van der Waals surface area contributed by atoms with E-state index < -0.39 is 29.6 Å². The van der Waals surface area contributed by atoms with Crippen molar-refractivity contribution in [2.75, 3.05) is 13.7 Å². The van der Waals surface area contributed by atoms with Gasteiger partial charge in [-0.05, 0) is 6.92 Å². The molecule has 0 aromatic rings. The van der Waals surface area contributed by atoms with E-state index in [1.807, 2.05) is 0 Å². The van der Waals surface area contributed by atoms with Gasteiger partial charge in [-0.1, -0.05) is 6.92 Å². The molecule has 0 amide bonds. The third kappa shape index (κ3) is 5.07. The third-order valence-corrected chi connectivity index (χ3v) is 2.43. The highest BCUT2D eigenvalue weighted by Gasteiger charge is 2.31. The van der Waals surface area contributed by atoms with Gasteiger partial charge in [0.05, 0.1) is 32.0 Å². The van der Waals surface area contributed by atoms with Gasteiger partial charge in [0.2, 0.25) is 6.29 Å². The number of hydrogen-bond donors (Lipinski definition) is 0. The number of Topliss-reactive ketones (excluding diaryl/α,β-unsaturated/α-hetero) is 1.